The lowest BCUT2D eigenvalue weighted by atomic mass is 10.1. The molecule has 0 radical (unpaired) electrons. The van der Waals surface area contributed by atoms with Crippen LogP contribution in [-0.4, -0.2) is 19.0 Å². The Kier molecular flexibility index (Phi) is 6.70. The first-order chi connectivity index (χ1) is 17.0. The molecule has 5 nitrogen and oxygen atoms in total. The Labute approximate surface area is 219 Å². The molecule has 1 aliphatic rings. The highest BCUT2D eigenvalue weighted by Crippen LogP contribution is 2.38. The summed E-state index contributed by atoms with van der Waals surface area (Å²) in [4.78, 5) is 17.0. The molecule has 1 heterocycles. The normalized spacial score (nSPS) is 14.2. The van der Waals surface area contributed by atoms with Gasteiger partial charge in [-0.3, -0.25) is 0 Å². The molecule has 174 valence electrons. The van der Waals surface area contributed by atoms with E-state index in [1.807, 2.05) is 72.8 Å². The minimum absolute atomic E-state index is 0.212. The summed E-state index contributed by atoms with van der Waals surface area (Å²) < 4.78 is 18.7. The number of nitrogens with zero attached hydrogens (tertiary/aromatic N) is 1. The van der Waals surface area contributed by atoms with Crippen molar-refractivity contribution in [1.29, 1.82) is 0 Å². The molecule has 0 saturated carbocycles. The quantitative estimate of drug-likeness (QED) is 0.174. The van der Waals surface area contributed by atoms with Crippen LogP contribution < -0.4 is 9.47 Å². The Morgan fingerprint density at radius 1 is 0.914 bits per heavy atom. The molecule has 0 bridgehead atoms. The zero-order valence-electron chi connectivity index (χ0n) is 18.6. The minimum Gasteiger partial charge on any atom is -0.493 e. The molecule has 0 aromatic heterocycles. The van der Waals surface area contributed by atoms with Gasteiger partial charge in [-0.1, -0.05) is 64.5 Å². The topological polar surface area (TPSA) is 57.1 Å². The maximum absolute atomic E-state index is 12.5. The summed E-state index contributed by atoms with van der Waals surface area (Å²) in [5, 5.41) is 2.16. The molecule has 5 rings (SSSR count). The van der Waals surface area contributed by atoms with Crippen molar-refractivity contribution in [3.63, 3.8) is 0 Å². The minimum atomic E-state index is -0.502. The number of methoxy groups -OCH3 is 1. The van der Waals surface area contributed by atoms with E-state index >= 15 is 0 Å². The van der Waals surface area contributed by atoms with Gasteiger partial charge in [-0.15, -0.1) is 0 Å². The molecule has 0 amide bonds. The van der Waals surface area contributed by atoms with E-state index in [4.69, 9.17) is 14.2 Å². The summed E-state index contributed by atoms with van der Waals surface area (Å²) in [6, 6.07) is 25.3. The SMILES string of the molecule is COc1cc(/C=C2\N=C(c3ccc4ccccc4c3)OC2=O)cc(Br)c1OCc1ccccc1Br. The number of halogens is 2. The van der Waals surface area contributed by atoms with Gasteiger partial charge in [-0.25, -0.2) is 9.79 Å². The lowest BCUT2D eigenvalue weighted by molar-refractivity contribution is -0.129. The maximum Gasteiger partial charge on any atom is 0.363 e. The number of benzene rings is 4. The second-order valence-electron chi connectivity index (χ2n) is 7.81. The number of hydrogen-bond donors (Lipinski definition) is 0. The van der Waals surface area contributed by atoms with E-state index in [2.05, 4.69) is 36.9 Å². The molecule has 0 unspecified atom stereocenters. The van der Waals surface area contributed by atoms with Crippen LogP contribution in [0.15, 0.2) is 98.5 Å². The smallest absolute Gasteiger partial charge is 0.363 e. The number of carbonyl (C=O) groups excluding carboxylic acids is 1. The van der Waals surface area contributed by atoms with E-state index in [0.717, 1.165) is 31.9 Å². The molecule has 0 spiro atoms. The van der Waals surface area contributed by atoms with Crippen LogP contribution in [0, 0.1) is 0 Å². The Bertz CT molecular complexity index is 1510. The van der Waals surface area contributed by atoms with E-state index in [1.165, 1.54) is 0 Å². The van der Waals surface area contributed by atoms with E-state index in [1.54, 1.807) is 19.3 Å². The summed E-state index contributed by atoms with van der Waals surface area (Å²) in [6.45, 7) is 0.364. The predicted molar refractivity (Wildman–Crippen MR) is 144 cm³/mol. The first-order valence-electron chi connectivity index (χ1n) is 10.8. The Balaban J connectivity index is 1.42. The van der Waals surface area contributed by atoms with E-state index in [0.29, 0.717) is 22.6 Å². The number of fused-ring (bicyclic) bond motifs is 1. The molecule has 0 saturated heterocycles. The highest BCUT2D eigenvalue weighted by Gasteiger charge is 2.25. The highest BCUT2D eigenvalue weighted by atomic mass is 79.9. The van der Waals surface area contributed by atoms with Crippen LogP contribution in [0.1, 0.15) is 16.7 Å². The van der Waals surface area contributed by atoms with Crippen molar-refractivity contribution in [2.45, 2.75) is 6.61 Å². The van der Waals surface area contributed by atoms with E-state index in [9.17, 15) is 4.79 Å². The highest BCUT2D eigenvalue weighted by molar-refractivity contribution is 9.10. The van der Waals surface area contributed by atoms with Gasteiger partial charge in [-0.05, 0) is 68.7 Å². The first kappa shape index (κ1) is 23.3. The van der Waals surface area contributed by atoms with Crippen molar-refractivity contribution in [2.24, 2.45) is 4.99 Å². The van der Waals surface area contributed by atoms with Gasteiger partial charge in [0.15, 0.2) is 17.2 Å². The van der Waals surface area contributed by atoms with E-state index < -0.39 is 5.97 Å². The molecule has 0 atom stereocenters. The fourth-order valence-corrected chi connectivity index (χ4v) is 4.71. The Morgan fingerprint density at radius 3 is 2.49 bits per heavy atom. The van der Waals surface area contributed by atoms with Gasteiger partial charge in [0.05, 0.1) is 11.6 Å². The lowest BCUT2D eigenvalue weighted by Crippen LogP contribution is -2.05. The largest absolute Gasteiger partial charge is 0.493 e. The zero-order chi connectivity index (χ0) is 24.4. The zero-order valence-corrected chi connectivity index (χ0v) is 21.8. The van der Waals surface area contributed by atoms with Crippen LogP contribution >= 0.6 is 31.9 Å². The first-order valence-corrected chi connectivity index (χ1v) is 12.4. The molecule has 4 aromatic rings. The van der Waals surface area contributed by atoms with Crippen LogP contribution in [0.2, 0.25) is 0 Å². The van der Waals surface area contributed by atoms with Crippen LogP contribution in [0.25, 0.3) is 16.8 Å². The van der Waals surface area contributed by atoms with Gasteiger partial charge in [0.1, 0.15) is 6.61 Å². The fraction of sp³-hybridized carbons (Fsp3) is 0.0714. The number of ether oxygens (including phenoxy) is 3. The third-order valence-corrected chi connectivity index (χ3v) is 6.86. The van der Waals surface area contributed by atoms with Crippen molar-refractivity contribution < 1.29 is 19.0 Å². The van der Waals surface area contributed by atoms with Gasteiger partial charge in [-0.2, -0.15) is 0 Å². The standard InChI is InChI=1S/C28H19Br2NO4/c1-33-25-14-17(12-23(30)26(25)34-16-21-8-4-5-9-22(21)29)13-24-28(32)35-27(31-24)20-11-10-18-6-2-3-7-19(18)15-20/h2-15H,16H2,1H3/b24-13-. The summed E-state index contributed by atoms with van der Waals surface area (Å²) in [5.41, 5.74) is 2.69. The van der Waals surface area contributed by atoms with Gasteiger partial charge in [0.25, 0.3) is 0 Å². The average molecular weight is 593 g/mol. The Hall–Kier alpha value is -3.42. The van der Waals surface area contributed by atoms with Crippen molar-refractivity contribution in [3.8, 4) is 11.5 Å². The number of aliphatic imine (C=N–C) groups is 1. The van der Waals surface area contributed by atoms with Crippen molar-refractivity contribution in [2.75, 3.05) is 7.11 Å². The molecule has 0 N–H and O–H groups in total. The second-order valence-corrected chi connectivity index (χ2v) is 9.52. The molecule has 4 aromatic carbocycles. The third-order valence-electron chi connectivity index (χ3n) is 5.50. The van der Waals surface area contributed by atoms with Crippen LogP contribution in [0.5, 0.6) is 11.5 Å². The number of hydrogen-bond acceptors (Lipinski definition) is 5. The molecule has 35 heavy (non-hydrogen) atoms. The number of cyclic esters (lactones) is 1. The van der Waals surface area contributed by atoms with Crippen molar-refractivity contribution >= 4 is 60.6 Å². The summed E-state index contributed by atoms with van der Waals surface area (Å²) >= 11 is 7.11. The molecule has 1 aliphatic heterocycles. The molecular formula is C28H19Br2NO4. The molecule has 7 heteroatoms. The lowest BCUT2D eigenvalue weighted by Gasteiger charge is -2.14. The summed E-state index contributed by atoms with van der Waals surface area (Å²) in [7, 11) is 1.57. The average Bonchev–Trinajstić information content (AvgIpc) is 3.23. The van der Waals surface area contributed by atoms with Gasteiger partial charge in [0.2, 0.25) is 5.90 Å². The maximum atomic E-state index is 12.5. The molecule has 0 fully saturated rings. The molecular weight excluding hydrogens is 574 g/mol. The third kappa shape index (κ3) is 5.01. The second kappa shape index (κ2) is 10.1. The van der Waals surface area contributed by atoms with Crippen LogP contribution in [-0.2, 0) is 16.1 Å². The van der Waals surface area contributed by atoms with Gasteiger partial charge in [0, 0.05) is 15.6 Å². The van der Waals surface area contributed by atoms with Crippen molar-refractivity contribution in [3.05, 3.63) is 110 Å². The molecule has 0 aliphatic carbocycles. The van der Waals surface area contributed by atoms with Crippen LogP contribution in [0.3, 0.4) is 0 Å². The number of esters is 1. The van der Waals surface area contributed by atoms with Crippen LogP contribution in [0.4, 0.5) is 0 Å². The fourth-order valence-electron chi connectivity index (χ4n) is 3.74. The predicted octanol–water partition coefficient (Wildman–Crippen LogP) is 7.30. The Morgan fingerprint density at radius 2 is 1.69 bits per heavy atom. The number of carbonyl (C=O) groups is 1. The van der Waals surface area contributed by atoms with Gasteiger partial charge < -0.3 is 14.2 Å². The monoisotopic (exact) mass is 591 g/mol. The van der Waals surface area contributed by atoms with Gasteiger partial charge >= 0.3 is 5.97 Å². The van der Waals surface area contributed by atoms with E-state index in [-0.39, 0.29) is 11.6 Å². The summed E-state index contributed by atoms with van der Waals surface area (Å²) in [6.07, 6.45) is 1.67. The van der Waals surface area contributed by atoms with Crippen molar-refractivity contribution in [1.82, 2.24) is 0 Å². The number of rotatable bonds is 6. The summed E-state index contributed by atoms with van der Waals surface area (Å²) in [5.74, 6) is 0.882.